The average molecular weight is 553 g/mol. The zero-order valence-electron chi connectivity index (χ0n) is 23.6. The van der Waals surface area contributed by atoms with Crippen molar-refractivity contribution in [3.63, 3.8) is 0 Å². The van der Waals surface area contributed by atoms with Crippen LogP contribution in [0.1, 0.15) is 43.5 Å². The molecule has 2 aliphatic rings. The van der Waals surface area contributed by atoms with Crippen LogP contribution in [0.3, 0.4) is 0 Å². The minimum absolute atomic E-state index is 0.0350. The largest absolute Gasteiger partial charge is 0.507 e. The fourth-order valence-corrected chi connectivity index (χ4v) is 5.84. The number of aromatic nitrogens is 4. The molecule has 1 aromatic carbocycles. The van der Waals surface area contributed by atoms with Gasteiger partial charge in [-0.2, -0.15) is 4.98 Å². The number of pyridine rings is 2. The van der Waals surface area contributed by atoms with Crippen LogP contribution < -0.4 is 15.3 Å². The number of phenolic OH excluding ortho intramolecular Hbond substituents is 1. The van der Waals surface area contributed by atoms with Gasteiger partial charge in [0.15, 0.2) is 5.65 Å². The number of fused-ring (bicyclic) bond motifs is 4. The zero-order valence-corrected chi connectivity index (χ0v) is 23.6. The number of hydrogen-bond acceptors (Lipinski definition) is 8. The van der Waals surface area contributed by atoms with Crippen LogP contribution in [0.15, 0.2) is 54.0 Å². The Morgan fingerprint density at radius 2 is 2.02 bits per heavy atom. The predicted octanol–water partition coefficient (Wildman–Crippen LogP) is 4.10. The van der Waals surface area contributed by atoms with E-state index in [0.717, 1.165) is 16.8 Å². The van der Waals surface area contributed by atoms with Gasteiger partial charge in [0.25, 0.3) is 0 Å². The molecule has 0 unspecified atom stereocenters. The lowest BCUT2D eigenvalue weighted by Crippen LogP contribution is -2.54. The van der Waals surface area contributed by atoms with Crippen LogP contribution in [-0.2, 0) is 11.4 Å². The highest BCUT2D eigenvalue weighted by Gasteiger charge is 2.32. The minimum atomic E-state index is -0.482. The van der Waals surface area contributed by atoms with Crippen molar-refractivity contribution in [1.29, 1.82) is 0 Å². The van der Waals surface area contributed by atoms with Crippen molar-refractivity contribution >= 4 is 22.8 Å². The number of hydrogen-bond donors (Lipinski definition) is 1. The van der Waals surface area contributed by atoms with Crippen molar-refractivity contribution in [2.45, 2.75) is 46.3 Å². The molecule has 2 aliphatic heterocycles. The lowest BCUT2D eigenvalue weighted by molar-refractivity contribution is -0.126. The summed E-state index contributed by atoms with van der Waals surface area (Å²) < 4.78 is 7.66. The van der Waals surface area contributed by atoms with E-state index in [1.165, 1.54) is 10.6 Å². The molecule has 210 valence electrons. The van der Waals surface area contributed by atoms with Gasteiger partial charge in [0, 0.05) is 37.4 Å². The Labute approximate surface area is 237 Å². The van der Waals surface area contributed by atoms with Crippen LogP contribution in [-0.4, -0.2) is 61.1 Å². The molecule has 1 atom stereocenters. The summed E-state index contributed by atoms with van der Waals surface area (Å²) in [5.41, 5.74) is 4.04. The lowest BCUT2D eigenvalue weighted by atomic mass is 9.99. The van der Waals surface area contributed by atoms with Gasteiger partial charge in [-0.3, -0.25) is 9.78 Å². The van der Waals surface area contributed by atoms with E-state index in [4.69, 9.17) is 9.72 Å². The van der Waals surface area contributed by atoms with Crippen molar-refractivity contribution in [3.8, 4) is 28.4 Å². The van der Waals surface area contributed by atoms with Crippen molar-refractivity contribution in [2.24, 2.45) is 0 Å². The van der Waals surface area contributed by atoms with E-state index in [1.54, 1.807) is 23.2 Å². The lowest BCUT2D eigenvalue weighted by Gasteiger charge is -2.40. The number of carbonyl (C=O) groups is 1. The maximum absolute atomic E-state index is 14.0. The molecule has 1 amide bonds. The molecular formula is C31H32N6O4. The van der Waals surface area contributed by atoms with Crippen LogP contribution >= 0.6 is 0 Å². The summed E-state index contributed by atoms with van der Waals surface area (Å²) in [6, 6.07) is 8.90. The van der Waals surface area contributed by atoms with E-state index < -0.39 is 5.69 Å². The fourth-order valence-electron chi connectivity index (χ4n) is 5.84. The molecule has 0 spiro atoms. The van der Waals surface area contributed by atoms with E-state index in [0.29, 0.717) is 59.2 Å². The van der Waals surface area contributed by atoms with Gasteiger partial charge in [-0.05, 0) is 49.6 Å². The first-order valence-electron chi connectivity index (χ1n) is 13.7. The number of benzene rings is 1. The summed E-state index contributed by atoms with van der Waals surface area (Å²) in [6.07, 6.45) is 3.06. The van der Waals surface area contributed by atoms with Gasteiger partial charge in [0.1, 0.15) is 29.6 Å². The number of phenols is 1. The average Bonchev–Trinajstić information content (AvgIpc) is 2.95. The molecule has 10 nitrogen and oxygen atoms in total. The van der Waals surface area contributed by atoms with Crippen LogP contribution in [0, 0.1) is 6.92 Å². The maximum atomic E-state index is 14.0. The Hall–Kier alpha value is -4.73. The monoisotopic (exact) mass is 552 g/mol. The molecule has 4 aromatic rings. The van der Waals surface area contributed by atoms with Crippen molar-refractivity contribution in [2.75, 3.05) is 24.5 Å². The predicted molar refractivity (Wildman–Crippen MR) is 157 cm³/mol. The molecule has 0 radical (unpaired) electrons. The molecule has 5 heterocycles. The van der Waals surface area contributed by atoms with Gasteiger partial charge < -0.3 is 19.6 Å². The highest BCUT2D eigenvalue weighted by atomic mass is 16.5. The van der Waals surface area contributed by atoms with Crippen molar-refractivity contribution in [3.05, 3.63) is 76.5 Å². The normalized spacial score (nSPS) is 16.4. The van der Waals surface area contributed by atoms with Crippen LogP contribution in [0.5, 0.6) is 11.5 Å². The topological polar surface area (TPSA) is 114 Å². The van der Waals surface area contributed by atoms with Gasteiger partial charge in [0.2, 0.25) is 5.91 Å². The Balaban J connectivity index is 1.65. The number of rotatable bonds is 4. The fraction of sp³-hybridized carbons (Fsp3) is 0.323. The van der Waals surface area contributed by atoms with Gasteiger partial charge in [0.05, 0.1) is 22.3 Å². The van der Waals surface area contributed by atoms with Gasteiger partial charge in [-0.1, -0.05) is 32.6 Å². The number of carbonyl (C=O) groups excluding carboxylic acids is 1. The van der Waals surface area contributed by atoms with Gasteiger partial charge in [-0.25, -0.2) is 14.3 Å². The Kier molecular flexibility index (Phi) is 6.48. The molecule has 1 fully saturated rings. The van der Waals surface area contributed by atoms with Crippen molar-refractivity contribution in [1.82, 2.24) is 24.4 Å². The van der Waals surface area contributed by atoms with E-state index in [2.05, 4.69) is 16.5 Å². The maximum Gasteiger partial charge on any atom is 0.355 e. The first-order chi connectivity index (χ1) is 19.7. The Morgan fingerprint density at radius 1 is 1.22 bits per heavy atom. The molecule has 1 N–H and O–H groups in total. The van der Waals surface area contributed by atoms with E-state index >= 15 is 0 Å². The van der Waals surface area contributed by atoms with E-state index in [9.17, 15) is 14.7 Å². The third-order valence-corrected chi connectivity index (χ3v) is 7.87. The van der Waals surface area contributed by atoms with Gasteiger partial charge >= 0.3 is 5.69 Å². The summed E-state index contributed by atoms with van der Waals surface area (Å²) in [5, 5.41) is 11.5. The molecule has 41 heavy (non-hydrogen) atoms. The SMILES string of the molecule is C=CC(=O)N1CCN(c2nc(=O)n(-c3c(C)ccnc3C(C)C)c3nc4c(cc23)OCc2cccc(O)c2-4)[C@@H](C)C1. The number of nitrogens with zero attached hydrogens (tertiary/aromatic N) is 6. The van der Waals surface area contributed by atoms with E-state index in [1.807, 2.05) is 50.8 Å². The Morgan fingerprint density at radius 3 is 2.76 bits per heavy atom. The standard InChI is InChI=1S/C31H32N6O4/c1-6-24(39)35-12-13-36(19(5)15-35)29-21-14-23-27(25-20(16-41-23)8-7-9-22(25)38)33-30(21)37(31(40)34-29)28-18(4)10-11-32-26(28)17(2)3/h6-11,14,17,19,38H,1,12-13,15-16H2,2-5H3/t19-/m0/s1. The highest BCUT2D eigenvalue weighted by Crippen LogP contribution is 2.44. The third kappa shape index (κ3) is 4.30. The molecule has 1 saturated heterocycles. The number of ether oxygens (including phenoxy) is 1. The molecule has 10 heteroatoms. The summed E-state index contributed by atoms with van der Waals surface area (Å²) in [5.74, 6) is 0.987. The Bertz CT molecular complexity index is 1780. The third-order valence-electron chi connectivity index (χ3n) is 7.87. The number of aryl methyl sites for hydroxylation is 1. The number of anilines is 1. The molecule has 0 saturated carbocycles. The number of piperazine rings is 1. The van der Waals surface area contributed by atoms with Crippen molar-refractivity contribution < 1.29 is 14.6 Å². The first kappa shape index (κ1) is 26.5. The van der Waals surface area contributed by atoms with Crippen LogP contribution in [0.25, 0.3) is 28.0 Å². The highest BCUT2D eigenvalue weighted by molar-refractivity contribution is 5.94. The summed E-state index contributed by atoms with van der Waals surface area (Å²) in [6.45, 7) is 13.3. The minimum Gasteiger partial charge on any atom is -0.507 e. The molecular weight excluding hydrogens is 520 g/mol. The molecule has 0 aliphatic carbocycles. The molecule has 3 aromatic heterocycles. The number of amides is 1. The quantitative estimate of drug-likeness (QED) is 0.377. The molecule has 6 rings (SSSR count). The smallest absolute Gasteiger partial charge is 0.355 e. The summed E-state index contributed by atoms with van der Waals surface area (Å²) in [4.78, 5) is 44.4. The van der Waals surface area contributed by atoms with Crippen LogP contribution in [0.2, 0.25) is 0 Å². The van der Waals surface area contributed by atoms with E-state index in [-0.39, 0.29) is 30.2 Å². The molecule has 0 bridgehead atoms. The number of aromatic hydroxyl groups is 1. The summed E-state index contributed by atoms with van der Waals surface area (Å²) >= 11 is 0. The van der Waals surface area contributed by atoms with Crippen LogP contribution in [0.4, 0.5) is 5.82 Å². The second kappa shape index (κ2) is 10.0. The summed E-state index contributed by atoms with van der Waals surface area (Å²) in [7, 11) is 0. The second-order valence-electron chi connectivity index (χ2n) is 10.9. The zero-order chi connectivity index (χ0) is 29.0. The second-order valence-corrected chi connectivity index (χ2v) is 10.9. The first-order valence-corrected chi connectivity index (χ1v) is 13.7. The van der Waals surface area contributed by atoms with Gasteiger partial charge in [-0.15, -0.1) is 0 Å².